The number of anilines is 1. The first-order valence-corrected chi connectivity index (χ1v) is 23.2. The largest absolute Gasteiger partial charge is 0.354 e. The van der Waals surface area contributed by atoms with Gasteiger partial charge in [0.2, 0.25) is 0 Å². The summed E-state index contributed by atoms with van der Waals surface area (Å²) < 4.78 is 0. The molecule has 0 atom stereocenters. The molecular formula is C60H51N5O2. The molecule has 0 saturated carbocycles. The summed E-state index contributed by atoms with van der Waals surface area (Å²) in [5.41, 5.74) is 16.2. The van der Waals surface area contributed by atoms with E-state index in [0.717, 1.165) is 94.0 Å². The van der Waals surface area contributed by atoms with E-state index in [1.165, 1.54) is 21.6 Å². The number of carbonyl (C=O) groups excluding carboxylic acids is 2. The Balaban J connectivity index is 1.19. The summed E-state index contributed by atoms with van der Waals surface area (Å²) >= 11 is 0. The molecule has 7 heteroatoms. The summed E-state index contributed by atoms with van der Waals surface area (Å²) in [4.78, 5) is 48.7. The highest BCUT2D eigenvalue weighted by molar-refractivity contribution is 6.36. The topological polar surface area (TPSA) is 94.7 Å². The Labute approximate surface area is 389 Å². The number of H-pyrrole nitrogens is 2. The smallest absolute Gasteiger partial charge is 0.265 e. The normalized spacial score (nSPS) is 13.8. The molecule has 67 heavy (non-hydrogen) atoms. The molecule has 2 amide bonds. The first-order chi connectivity index (χ1) is 31.9. The molecule has 3 aromatic heterocycles. The van der Waals surface area contributed by atoms with Gasteiger partial charge in [-0.25, -0.2) is 14.9 Å². The molecule has 0 unspecified atom stereocenters. The minimum absolute atomic E-state index is 0.0483. The van der Waals surface area contributed by atoms with Gasteiger partial charge in [0.05, 0.1) is 28.5 Å². The molecule has 2 N–H and O–H groups in total. The number of imide groups is 1. The summed E-state index contributed by atoms with van der Waals surface area (Å²) in [7, 11) is 0. The van der Waals surface area contributed by atoms with Crippen LogP contribution in [0.5, 0.6) is 0 Å². The van der Waals surface area contributed by atoms with Crippen LogP contribution in [0, 0.1) is 0 Å². The molecule has 8 bridgehead atoms. The number of aromatic nitrogens is 4. The zero-order valence-electron chi connectivity index (χ0n) is 39.4. The first-order valence-electron chi connectivity index (χ1n) is 23.2. The van der Waals surface area contributed by atoms with Gasteiger partial charge >= 0.3 is 0 Å². The lowest BCUT2D eigenvalue weighted by Crippen LogP contribution is -2.40. The van der Waals surface area contributed by atoms with Gasteiger partial charge in [-0.15, -0.1) is 0 Å². The van der Waals surface area contributed by atoms with E-state index >= 15 is 0 Å². The van der Waals surface area contributed by atoms with E-state index in [-0.39, 0.29) is 28.1 Å². The summed E-state index contributed by atoms with van der Waals surface area (Å²) in [6.07, 6.45) is 0. The van der Waals surface area contributed by atoms with Crippen LogP contribution < -0.4 is 4.90 Å². The molecule has 3 aliphatic heterocycles. The average molecular weight is 874 g/mol. The van der Waals surface area contributed by atoms with Crippen molar-refractivity contribution in [2.45, 2.75) is 78.6 Å². The van der Waals surface area contributed by atoms with E-state index in [1.54, 1.807) is 0 Å². The van der Waals surface area contributed by atoms with E-state index in [0.29, 0.717) is 22.2 Å². The van der Waals surface area contributed by atoms with Crippen molar-refractivity contribution in [3.8, 4) is 45.0 Å². The van der Waals surface area contributed by atoms with E-state index in [4.69, 9.17) is 9.97 Å². The summed E-state index contributed by atoms with van der Waals surface area (Å²) in [6.45, 7) is 20.2. The molecule has 0 spiro atoms. The van der Waals surface area contributed by atoms with Crippen LogP contribution in [0.15, 0.2) is 133 Å². The number of hydrogen-bond donors (Lipinski definition) is 2. The van der Waals surface area contributed by atoms with Crippen LogP contribution in [0.25, 0.3) is 99.4 Å². The maximum absolute atomic E-state index is 14.4. The maximum Gasteiger partial charge on any atom is 0.265 e. The van der Waals surface area contributed by atoms with Crippen molar-refractivity contribution in [3.05, 3.63) is 161 Å². The Kier molecular flexibility index (Phi) is 8.50. The minimum Gasteiger partial charge on any atom is -0.354 e. The second-order valence-corrected chi connectivity index (χ2v) is 21.7. The highest BCUT2D eigenvalue weighted by atomic mass is 16.2. The number of hydrogen-bond acceptors (Lipinski definition) is 4. The monoisotopic (exact) mass is 873 g/mol. The lowest BCUT2D eigenvalue weighted by Gasteiger charge is -2.27. The molecule has 7 nitrogen and oxygen atoms in total. The Morgan fingerprint density at radius 1 is 0.388 bits per heavy atom. The van der Waals surface area contributed by atoms with Crippen molar-refractivity contribution in [1.29, 1.82) is 0 Å². The number of amides is 2. The predicted molar refractivity (Wildman–Crippen MR) is 276 cm³/mol. The molecule has 12 rings (SSSR count). The van der Waals surface area contributed by atoms with Gasteiger partial charge in [-0.2, -0.15) is 0 Å². The van der Waals surface area contributed by atoms with Crippen LogP contribution in [-0.4, -0.2) is 31.8 Å². The molecule has 6 heterocycles. The zero-order valence-corrected chi connectivity index (χ0v) is 39.4. The zero-order chi connectivity index (χ0) is 46.5. The van der Waals surface area contributed by atoms with Gasteiger partial charge in [-0.1, -0.05) is 129 Å². The molecule has 0 aliphatic carbocycles. The first kappa shape index (κ1) is 40.8. The van der Waals surface area contributed by atoms with Gasteiger partial charge < -0.3 is 9.97 Å². The molecule has 6 aromatic carbocycles. The highest BCUT2D eigenvalue weighted by Crippen LogP contribution is 2.44. The number of fused-ring (bicyclic) bond motifs is 20. The number of aromatic amines is 2. The Morgan fingerprint density at radius 3 is 1.27 bits per heavy atom. The van der Waals surface area contributed by atoms with Gasteiger partial charge in [-0.05, 0) is 105 Å². The average Bonchev–Trinajstić information content (AvgIpc) is 4.02. The third-order valence-corrected chi connectivity index (χ3v) is 14.1. The molecule has 0 radical (unpaired) electrons. The lowest BCUT2D eigenvalue weighted by molar-refractivity contribution is 0.0893. The van der Waals surface area contributed by atoms with Crippen molar-refractivity contribution in [3.63, 3.8) is 0 Å². The molecule has 0 fully saturated rings. The fraction of sp³-hybridized carbons (Fsp3) is 0.200. The molecule has 0 saturated heterocycles. The fourth-order valence-corrected chi connectivity index (χ4v) is 10.3. The van der Waals surface area contributed by atoms with Gasteiger partial charge in [0.15, 0.2) is 0 Å². The third kappa shape index (κ3) is 6.39. The van der Waals surface area contributed by atoms with Gasteiger partial charge in [0.1, 0.15) is 0 Å². The minimum atomic E-state index is -0.342. The SMILES string of the molecule is CC(C)(C)c1ccc2c(c1)-c1cc3[nH]c(cc4nc(cc5[nH]c(cc-2n1)c1cc(C(C)(C)C)ccc51)-c1cc(C(C)(C)C)ccc1-4)c1cc(N2C(=O)c4cccc5cccc(c45)C2=O)ccc31. The van der Waals surface area contributed by atoms with Crippen LogP contribution >= 0.6 is 0 Å². The van der Waals surface area contributed by atoms with Gasteiger partial charge in [-0.3, -0.25) is 9.59 Å². The number of benzene rings is 6. The number of carbonyl (C=O) groups is 2. The summed E-state index contributed by atoms with van der Waals surface area (Å²) in [5.74, 6) is -0.683. The van der Waals surface area contributed by atoms with Gasteiger partial charge in [0.25, 0.3) is 11.8 Å². The number of rotatable bonds is 1. The van der Waals surface area contributed by atoms with Crippen molar-refractivity contribution in [1.82, 2.24) is 19.9 Å². The van der Waals surface area contributed by atoms with Crippen molar-refractivity contribution >= 4 is 71.9 Å². The van der Waals surface area contributed by atoms with E-state index in [2.05, 4.69) is 151 Å². The highest BCUT2D eigenvalue weighted by Gasteiger charge is 2.34. The van der Waals surface area contributed by atoms with Crippen LogP contribution in [0.3, 0.4) is 0 Å². The van der Waals surface area contributed by atoms with Crippen LogP contribution in [0.2, 0.25) is 0 Å². The predicted octanol–water partition coefficient (Wildman–Crippen LogP) is 15.1. The quantitative estimate of drug-likeness (QED) is 0.161. The van der Waals surface area contributed by atoms with E-state index in [1.807, 2.05) is 54.6 Å². The molecular weight excluding hydrogens is 823 g/mol. The molecule has 3 aliphatic rings. The Bertz CT molecular complexity index is 3790. The summed E-state index contributed by atoms with van der Waals surface area (Å²) in [5, 5.41) is 5.60. The van der Waals surface area contributed by atoms with Crippen molar-refractivity contribution in [2.75, 3.05) is 4.90 Å². The maximum atomic E-state index is 14.4. The van der Waals surface area contributed by atoms with Crippen LogP contribution in [0.4, 0.5) is 5.69 Å². The van der Waals surface area contributed by atoms with Gasteiger partial charge in [0, 0.05) is 82.4 Å². The second-order valence-electron chi connectivity index (χ2n) is 21.7. The van der Waals surface area contributed by atoms with Crippen LogP contribution in [0.1, 0.15) is 99.7 Å². The van der Waals surface area contributed by atoms with Crippen molar-refractivity contribution < 1.29 is 9.59 Å². The third-order valence-electron chi connectivity index (χ3n) is 14.1. The summed E-state index contributed by atoms with van der Waals surface area (Å²) in [6, 6.07) is 46.1. The Morgan fingerprint density at radius 2 is 0.791 bits per heavy atom. The second kappa shape index (κ2) is 13.9. The van der Waals surface area contributed by atoms with E-state index < -0.39 is 0 Å². The van der Waals surface area contributed by atoms with Crippen LogP contribution in [-0.2, 0) is 16.2 Å². The molecule has 328 valence electrons. The standard InChI is InChI=1S/C60H51N5O2/c1-58(2,3)33-16-20-37-43(24-33)51-28-48-38-21-17-34(59(4,5)6)25-44(38)53(62-48)30-50-40-23-19-36(65-56(66)41-14-10-12-32-13-11-15-42(55(32)41)57(65)67)27-46(40)54(64-50)31-49-39-22-18-35(60(7,8)9)26-45(39)52(63-49)29-47(37)61-51/h10-31,61,64H,1-9H3. The van der Waals surface area contributed by atoms with E-state index in [9.17, 15) is 9.59 Å². The van der Waals surface area contributed by atoms with Crippen molar-refractivity contribution in [2.24, 2.45) is 0 Å². The number of nitrogens with one attached hydrogen (secondary N) is 2. The fourth-order valence-electron chi connectivity index (χ4n) is 10.3. The Hall–Kier alpha value is -7.64. The number of nitrogens with zero attached hydrogens (tertiary/aromatic N) is 3. The lowest BCUT2D eigenvalue weighted by atomic mass is 9.85. The molecule has 9 aromatic rings.